The van der Waals surface area contributed by atoms with Crippen LogP contribution in [-0.4, -0.2) is 46.0 Å². The number of benzene rings is 1. The summed E-state index contributed by atoms with van der Waals surface area (Å²) in [5.74, 6) is -1.85. The first-order valence-corrected chi connectivity index (χ1v) is 8.83. The number of nitrogens with zero attached hydrogens (tertiary/aromatic N) is 2. The number of rotatable bonds is 5. The molecule has 2 heterocycles. The number of hydrogen-bond acceptors (Lipinski definition) is 4. The van der Waals surface area contributed by atoms with Gasteiger partial charge < -0.3 is 15.2 Å². The van der Waals surface area contributed by atoms with Gasteiger partial charge in [-0.05, 0) is 31.0 Å². The van der Waals surface area contributed by atoms with Crippen molar-refractivity contribution in [3.05, 3.63) is 46.2 Å². The highest BCUT2D eigenvalue weighted by molar-refractivity contribution is 6.35. The van der Waals surface area contributed by atoms with E-state index in [0.29, 0.717) is 35.4 Å². The number of carboxylic acids is 1. The van der Waals surface area contributed by atoms with Gasteiger partial charge in [-0.3, -0.25) is 4.79 Å². The third-order valence-corrected chi connectivity index (χ3v) is 4.76. The zero-order valence-corrected chi connectivity index (χ0v) is 15.2. The van der Waals surface area contributed by atoms with Crippen LogP contribution in [0.4, 0.5) is 0 Å². The highest BCUT2D eigenvalue weighted by atomic mass is 35.5. The van der Waals surface area contributed by atoms with Crippen LogP contribution in [0, 0.1) is 5.92 Å². The van der Waals surface area contributed by atoms with Gasteiger partial charge in [-0.25, -0.2) is 9.48 Å². The Bertz CT molecular complexity index is 818. The molecule has 1 aromatic carbocycles. The lowest BCUT2D eigenvalue weighted by Gasteiger charge is -2.27. The van der Waals surface area contributed by atoms with Crippen molar-refractivity contribution in [1.29, 1.82) is 0 Å². The van der Waals surface area contributed by atoms with E-state index in [2.05, 4.69) is 10.4 Å². The van der Waals surface area contributed by atoms with E-state index in [0.717, 1.165) is 6.42 Å². The lowest BCUT2D eigenvalue weighted by atomic mass is 9.93. The van der Waals surface area contributed by atoms with Crippen molar-refractivity contribution in [3.8, 4) is 5.69 Å². The van der Waals surface area contributed by atoms with Crippen molar-refractivity contribution in [2.45, 2.75) is 18.9 Å². The van der Waals surface area contributed by atoms with Gasteiger partial charge in [-0.1, -0.05) is 23.2 Å². The van der Waals surface area contributed by atoms with Crippen LogP contribution in [-0.2, 0) is 9.53 Å². The molecule has 2 atom stereocenters. The summed E-state index contributed by atoms with van der Waals surface area (Å²) < 4.78 is 6.77. The monoisotopic (exact) mass is 397 g/mol. The van der Waals surface area contributed by atoms with Gasteiger partial charge >= 0.3 is 5.97 Å². The number of carbonyl (C=O) groups excluding carboxylic acids is 1. The minimum atomic E-state index is -1.08. The van der Waals surface area contributed by atoms with E-state index >= 15 is 0 Å². The molecule has 138 valence electrons. The van der Waals surface area contributed by atoms with E-state index in [1.54, 1.807) is 18.2 Å². The Hall–Kier alpha value is -2.09. The molecule has 1 fully saturated rings. The average molecular weight is 398 g/mol. The quantitative estimate of drug-likeness (QED) is 0.808. The molecule has 1 aliphatic rings. The van der Waals surface area contributed by atoms with Gasteiger partial charge in [-0.2, -0.15) is 5.10 Å². The summed E-state index contributed by atoms with van der Waals surface area (Å²) in [6, 6.07) is 3.90. The summed E-state index contributed by atoms with van der Waals surface area (Å²) >= 11 is 12.0. The number of ether oxygens (including phenoxy) is 1. The summed E-state index contributed by atoms with van der Waals surface area (Å²) in [7, 11) is 0. The molecule has 2 unspecified atom stereocenters. The number of carbonyl (C=O) groups is 2. The predicted molar refractivity (Wildman–Crippen MR) is 96.0 cm³/mol. The third kappa shape index (κ3) is 4.17. The summed E-state index contributed by atoms with van der Waals surface area (Å²) in [6.45, 7) is 0.933. The molecule has 1 aromatic heterocycles. The molecule has 0 bridgehead atoms. The smallest absolute Gasteiger partial charge is 0.326 e. The molecular weight excluding hydrogens is 381 g/mol. The van der Waals surface area contributed by atoms with Crippen LogP contribution in [0.2, 0.25) is 10.0 Å². The Morgan fingerprint density at radius 2 is 2.19 bits per heavy atom. The zero-order chi connectivity index (χ0) is 18.7. The number of aromatic nitrogens is 2. The molecule has 3 rings (SSSR count). The van der Waals surface area contributed by atoms with Gasteiger partial charge in [0.1, 0.15) is 6.04 Å². The van der Waals surface area contributed by atoms with Crippen LogP contribution in [0.1, 0.15) is 23.2 Å². The molecule has 0 spiro atoms. The Morgan fingerprint density at radius 3 is 2.85 bits per heavy atom. The number of nitrogens with one attached hydrogen (secondary N) is 1. The molecule has 1 aliphatic heterocycles. The van der Waals surface area contributed by atoms with E-state index in [1.807, 2.05) is 0 Å². The fourth-order valence-corrected chi connectivity index (χ4v) is 3.37. The van der Waals surface area contributed by atoms with Gasteiger partial charge in [0.05, 0.1) is 29.1 Å². The van der Waals surface area contributed by atoms with Crippen molar-refractivity contribution in [1.82, 2.24) is 15.1 Å². The van der Waals surface area contributed by atoms with Crippen LogP contribution in [0.3, 0.4) is 0 Å². The van der Waals surface area contributed by atoms with Crippen molar-refractivity contribution in [2.75, 3.05) is 13.2 Å². The second-order valence-corrected chi connectivity index (χ2v) is 6.88. The van der Waals surface area contributed by atoms with Crippen LogP contribution >= 0.6 is 23.2 Å². The van der Waals surface area contributed by atoms with Gasteiger partial charge in [0.25, 0.3) is 5.91 Å². The molecular formula is C17H17Cl2N3O4. The molecule has 7 nitrogen and oxygen atoms in total. The molecule has 26 heavy (non-hydrogen) atoms. The first-order valence-electron chi connectivity index (χ1n) is 8.07. The molecule has 0 radical (unpaired) electrons. The maximum atomic E-state index is 12.5. The summed E-state index contributed by atoms with van der Waals surface area (Å²) in [5, 5.41) is 17.0. The minimum absolute atomic E-state index is 0.235. The summed E-state index contributed by atoms with van der Waals surface area (Å²) in [4.78, 5) is 24.0. The number of hydrogen-bond donors (Lipinski definition) is 2. The van der Waals surface area contributed by atoms with E-state index in [9.17, 15) is 14.7 Å². The van der Waals surface area contributed by atoms with E-state index in [1.165, 1.54) is 17.1 Å². The van der Waals surface area contributed by atoms with Crippen molar-refractivity contribution in [2.24, 2.45) is 5.92 Å². The first-order chi connectivity index (χ1) is 12.5. The van der Waals surface area contributed by atoms with Gasteiger partial charge in [0.15, 0.2) is 0 Å². The lowest BCUT2D eigenvalue weighted by Crippen LogP contribution is -2.48. The molecule has 9 heteroatoms. The molecule has 1 amide bonds. The summed E-state index contributed by atoms with van der Waals surface area (Å²) in [5.41, 5.74) is 0.796. The van der Waals surface area contributed by atoms with Crippen LogP contribution in [0.15, 0.2) is 30.6 Å². The number of amides is 1. The van der Waals surface area contributed by atoms with Crippen molar-refractivity contribution >= 4 is 35.1 Å². The van der Waals surface area contributed by atoms with Crippen molar-refractivity contribution in [3.63, 3.8) is 0 Å². The topological polar surface area (TPSA) is 93.5 Å². The Balaban J connectivity index is 1.75. The molecule has 0 saturated carbocycles. The maximum absolute atomic E-state index is 12.5. The van der Waals surface area contributed by atoms with Gasteiger partial charge in [0.2, 0.25) is 0 Å². The van der Waals surface area contributed by atoms with E-state index in [4.69, 9.17) is 27.9 Å². The minimum Gasteiger partial charge on any atom is -0.480 e. The second kappa shape index (κ2) is 8.07. The Kier molecular flexibility index (Phi) is 5.80. The fourth-order valence-electron chi connectivity index (χ4n) is 2.87. The third-order valence-electron chi connectivity index (χ3n) is 4.22. The molecule has 2 aromatic rings. The fraction of sp³-hybridized carbons (Fsp3) is 0.353. The van der Waals surface area contributed by atoms with Crippen molar-refractivity contribution < 1.29 is 19.4 Å². The Labute approximate surface area is 159 Å². The Morgan fingerprint density at radius 1 is 1.38 bits per heavy atom. The van der Waals surface area contributed by atoms with Crippen LogP contribution in [0.25, 0.3) is 5.69 Å². The van der Waals surface area contributed by atoms with Gasteiger partial charge in [-0.15, -0.1) is 0 Å². The SMILES string of the molecule is O=C(NC(C(=O)O)C1CCCOC1)c1cnn(-c2ccc(Cl)cc2Cl)c1. The first kappa shape index (κ1) is 18.7. The lowest BCUT2D eigenvalue weighted by molar-refractivity contribution is -0.142. The predicted octanol–water partition coefficient (Wildman–Crippen LogP) is 2.79. The zero-order valence-electron chi connectivity index (χ0n) is 13.7. The van der Waals surface area contributed by atoms with E-state index < -0.39 is 17.9 Å². The van der Waals surface area contributed by atoms with E-state index in [-0.39, 0.29) is 11.5 Å². The van der Waals surface area contributed by atoms with Crippen LogP contribution < -0.4 is 5.32 Å². The molecule has 2 N–H and O–H groups in total. The number of aliphatic carboxylic acids is 1. The standard InChI is InChI=1S/C17H17Cl2N3O4/c18-12-3-4-14(13(19)6-12)22-8-11(7-20-22)16(23)21-15(17(24)25)10-2-1-5-26-9-10/h3-4,6-8,10,15H,1-2,5,9H2,(H,21,23)(H,24,25). The largest absolute Gasteiger partial charge is 0.480 e. The number of halogens is 2. The van der Waals surface area contributed by atoms with Crippen LogP contribution in [0.5, 0.6) is 0 Å². The highest BCUT2D eigenvalue weighted by Crippen LogP contribution is 2.24. The maximum Gasteiger partial charge on any atom is 0.326 e. The highest BCUT2D eigenvalue weighted by Gasteiger charge is 2.31. The molecule has 1 saturated heterocycles. The normalized spacial score (nSPS) is 18.3. The van der Waals surface area contributed by atoms with Gasteiger partial charge in [0, 0.05) is 23.7 Å². The number of carboxylic acid groups (broad SMARTS) is 1. The second-order valence-electron chi connectivity index (χ2n) is 6.04. The molecule has 0 aliphatic carbocycles. The average Bonchev–Trinajstić information content (AvgIpc) is 3.10. The summed E-state index contributed by atoms with van der Waals surface area (Å²) in [6.07, 6.45) is 4.31.